The minimum absolute atomic E-state index is 0.0200. The summed E-state index contributed by atoms with van der Waals surface area (Å²) in [6.45, 7) is 0.612. The molecule has 0 radical (unpaired) electrons. The standard InChI is InChI=1S/C13H12N4O/c14-13(15)10-5-11(18-8-10)7-17-4-2-9-6-16-3-1-12(9)17/h1-6,8H,7H2,(H3,14,15). The van der Waals surface area contributed by atoms with Crippen LogP contribution in [-0.4, -0.2) is 15.4 Å². The van der Waals surface area contributed by atoms with Crippen molar-refractivity contribution in [2.45, 2.75) is 6.54 Å². The maximum Gasteiger partial charge on any atom is 0.126 e. The first-order valence-electron chi connectivity index (χ1n) is 5.55. The molecule has 90 valence electrons. The van der Waals surface area contributed by atoms with E-state index >= 15 is 0 Å². The molecule has 0 atom stereocenters. The van der Waals surface area contributed by atoms with E-state index in [9.17, 15) is 0 Å². The monoisotopic (exact) mass is 240 g/mol. The lowest BCUT2D eigenvalue weighted by atomic mass is 10.3. The second-order valence-corrected chi connectivity index (χ2v) is 4.09. The van der Waals surface area contributed by atoms with E-state index in [2.05, 4.69) is 9.55 Å². The van der Waals surface area contributed by atoms with E-state index < -0.39 is 0 Å². The van der Waals surface area contributed by atoms with Crippen molar-refractivity contribution in [3.05, 3.63) is 54.4 Å². The molecule has 3 rings (SSSR count). The second-order valence-electron chi connectivity index (χ2n) is 4.09. The molecule has 0 saturated heterocycles. The summed E-state index contributed by atoms with van der Waals surface area (Å²) < 4.78 is 7.46. The Morgan fingerprint density at radius 2 is 2.33 bits per heavy atom. The molecular weight excluding hydrogens is 228 g/mol. The third-order valence-electron chi connectivity index (χ3n) is 2.86. The average molecular weight is 240 g/mol. The molecule has 0 aliphatic heterocycles. The van der Waals surface area contributed by atoms with Crippen molar-refractivity contribution in [3.8, 4) is 0 Å². The van der Waals surface area contributed by atoms with Crippen molar-refractivity contribution in [2.75, 3.05) is 0 Å². The van der Waals surface area contributed by atoms with Gasteiger partial charge in [-0.3, -0.25) is 10.4 Å². The Balaban J connectivity index is 1.93. The highest BCUT2D eigenvalue weighted by Crippen LogP contribution is 2.16. The first kappa shape index (κ1) is 10.6. The molecule has 0 fully saturated rings. The van der Waals surface area contributed by atoms with E-state index in [1.807, 2.05) is 24.5 Å². The Morgan fingerprint density at radius 3 is 3.11 bits per heavy atom. The molecule has 0 amide bonds. The molecule has 0 spiro atoms. The fraction of sp³-hybridized carbons (Fsp3) is 0.0769. The van der Waals surface area contributed by atoms with Crippen LogP contribution >= 0.6 is 0 Å². The van der Waals surface area contributed by atoms with Gasteiger partial charge in [0.15, 0.2) is 0 Å². The number of nitrogen functional groups attached to an aromatic ring is 1. The van der Waals surface area contributed by atoms with Crippen molar-refractivity contribution in [3.63, 3.8) is 0 Å². The summed E-state index contributed by atoms with van der Waals surface area (Å²) in [6.07, 6.45) is 7.09. The molecule has 0 aliphatic carbocycles. The second kappa shape index (κ2) is 4.03. The molecule has 5 heteroatoms. The van der Waals surface area contributed by atoms with Gasteiger partial charge in [0.1, 0.15) is 17.9 Å². The molecule has 3 aromatic heterocycles. The SMILES string of the molecule is N=C(N)c1coc(Cn2ccc3cnccc32)c1. The molecule has 0 aromatic carbocycles. The van der Waals surface area contributed by atoms with E-state index in [0.29, 0.717) is 12.1 Å². The Kier molecular flexibility index (Phi) is 2.37. The zero-order valence-electron chi connectivity index (χ0n) is 9.63. The maximum atomic E-state index is 7.33. The lowest BCUT2D eigenvalue weighted by Gasteiger charge is -2.01. The van der Waals surface area contributed by atoms with Gasteiger partial charge in [0.2, 0.25) is 0 Å². The number of amidine groups is 1. The molecular formula is C13H12N4O. The predicted octanol–water partition coefficient (Wildman–Crippen LogP) is 1.96. The van der Waals surface area contributed by atoms with Crippen molar-refractivity contribution in [2.24, 2.45) is 5.73 Å². The van der Waals surface area contributed by atoms with Gasteiger partial charge in [-0.05, 0) is 18.2 Å². The number of aromatic nitrogens is 2. The van der Waals surface area contributed by atoms with Crippen LogP contribution in [0.25, 0.3) is 10.9 Å². The third kappa shape index (κ3) is 1.75. The maximum absolute atomic E-state index is 7.33. The predicted molar refractivity (Wildman–Crippen MR) is 68.6 cm³/mol. The molecule has 0 aliphatic rings. The van der Waals surface area contributed by atoms with Gasteiger partial charge in [-0.1, -0.05) is 0 Å². The van der Waals surface area contributed by atoms with Gasteiger partial charge in [-0.25, -0.2) is 0 Å². The van der Waals surface area contributed by atoms with Gasteiger partial charge < -0.3 is 14.7 Å². The zero-order valence-corrected chi connectivity index (χ0v) is 9.63. The van der Waals surface area contributed by atoms with E-state index in [4.69, 9.17) is 15.6 Å². The van der Waals surface area contributed by atoms with E-state index in [1.54, 1.807) is 12.3 Å². The van der Waals surface area contributed by atoms with Crippen LogP contribution in [0.5, 0.6) is 0 Å². The van der Waals surface area contributed by atoms with Crippen LogP contribution in [0.2, 0.25) is 0 Å². The minimum atomic E-state index is 0.0200. The number of pyridine rings is 1. The highest BCUT2D eigenvalue weighted by molar-refractivity contribution is 5.94. The van der Waals surface area contributed by atoms with Crippen LogP contribution in [0, 0.1) is 5.41 Å². The number of nitrogens with two attached hydrogens (primary N) is 1. The third-order valence-corrected chi connectivity index (χ3v) is 2.86. The Bertz CT molecular complexity index is 710. The Labute approximate surface area is 103 Å². The lowest BCUT2D eigenvalue weighted by molar-refractivity contribution is 0.496. The normalized spacial score (nSPS) is 10.9. The number of hydrogen-bond donors (Lipinski definition) is 2. The van der Waals surface area contributed by atoms with Gasteiger partial charge in [0, 0.05) is 24.0 Å². The molecule has 3 N–H and O–H groups in total. The number of nitrogens with one attached hydrogen (secondary N) is 1. The fourth-order valence-corrected chi connectivity index (χ4v) is 1.95. The van der Waals surface area contributed by atoms with Gasteiger partial charge in [0.05, 0.1) is 17.6 Å². The van der Waals surface area contributed by atoms with Gasteiger partial charge >= 0.3 is 0 Å². The number of rotatable bonds is 3. The zero-order chi connectivity index (χ0) is 12.5. The van der Waals surface area contributed by atoms with Crippen LogP contribution in [0.3, 0.4) is 0 Å². The van der Waals surface area contributed by atoms with E-state index in [1.165, 1.54) is 6.26 Å². The van der Waals surface area contributed by atoms with Crippen LogP contribution in [0.1, 0.15) is 11.3 Å². The van der Waals surface area contributed by atoms with Crippen LogP contribution in [-0.2, 0) is 6.54 Å². The van der Waals surface area contributed by atoms with Crippen LogP contribution in [0.4, 0.5) is 0 Å². The average Bonchev–Trinajstić information content (AvgIpc) is 2.98. The van der Waals surface area contributed by atoms with E-state index in [0.717, 1.165) is 16.7 Å². The Morgan fingerprint density at radius 1 is 1.44 bits per heavy atom. The summed E-state index contributed by atoms with van der Waals surface area (Å²) in [6, 6.07) is 5.76. The number of hydrogen-bond acceptors (Lipinski definition) is 3. The number of furan rings is 1. The van der Waals surface area contributed by atoms with Crippen LogP contribution in [0.15, 0.2) is 47.5 Å². The van der Waals surface area contributed by atoms with Gasteiger partial charge in [-0.2, -0.15) is 0 Å². The topological polar surface area (TPSA) is 80.8 Å². The molecule has 0 bridgehead atoms. The quantitative estimate of drug-likeness (QED) is 0.542. The molecule has 0 saturated carbocycles. The van der Waals surface area contributed by atoms with Gasteiger partial charge in [-0.15, -0.1) is 0 Å². The van der Waals surface area contributed by atoms with Crippen molar-refractivity contribution >= 4 is 16.7 Å². The van der Waals surface area contributed by atoms with Crippen LogP contribution < -0.4 is 5.73 Å². The van der Waals surface area contributed by atoms with Crippen molar-refractivity contribution in [1.29, 1.82) is 5.41 Å². The lowest BCUT2D eigenvalue weighted by Crippen LogP contribution is -2.09. The first-order valence-corrected chi connectivity index (χ1v) is 5.55. The highest BCUT2D eigenvalue weighted by atomic mass is 16.3. The smallest absolute Gasteiger partial charge is 0.126 e. The number of fused-ring (bicyclic) bond motifs is 1. The van der Waals surface area contributed by atoms with Gasteiger partial charge in [0.25, 0.3) is 0 Å². The summed E-state index contributed by atoms with van der Waals surface area (Å²) in [5, 5.41) is 8.43. The van der Waals surface area contributed by atoms with Crippen molar-refractivity contribution < 1.29 is 4.42 Å². The van der Waals surface area contributed by atoms with Crippen molar-refractivity contribution in [1.82, 2.24) is 9.55 Å². The van der Waals surface area contributed by atoms with E-state index in [-0.39, 0.29) is 5.84 Å². The summed E-state index contributed by atoms with van der Waals surface area (Å²) in [7, 11) is 0. The molecule has 3 aromatic rings. The minimum Gasteiger partial charge on any atom is -0.467 e. The fourth-order valence-electron chi connectivity index (χ4n) is 1.95. The summed E-state index contributed by atoms with van der Waals surface area (Å²) >= 11 is 0. The summed E-state index contributed by atoms with van der Waals surface area (Å²) in [5.41, 5.74) is 7.12. The summed E-state index contributed by atoms with van der Waals surface area (Å²) in [5.74, 6) is 0.793. The molecule has 5 nitrogen and oxygen atoms in total. The molecule has 18 heavy (non-hydrogen) atoms. The molecule has 3 heterocycles. The molecule has 0 unspecified atom stereocenters. The Hall–Kier alpha value is -2.56. The largest absolute Gasteiger partial charge is 0.467 e. The summed E-state index contributed by atoms with van der Waals surface area (Å²) in [4.78, 5) is 4.08. The highest BCUT2D eigenvalue weighted by Gasteiger charge is 2.06. The first-order chi connectivity index (χ1) is 8.74. The number of nitrogens with zero attached hydrogens (tertiary/aromatic N) is 2.